The van der Waals surface area contributed by atoms with Crippen LogP contribution in [0.4, 0.5) is 5.69 Å². The standard InChI is InChI=1S/C21H18ClN5O3S/c1-12-7-8-13(9-15(12)22)27-20(29)14-10-23-26-19(14)25-21(27)31-11-18(28)24-16-5-3-4-6-17(16)30-2/h3-10H,11H2,1-2H3,(H,23,26)(H,24,28). The van der Waals surface area contributed by atoms with Gasteiger partial charge in [0, 0.05) is 5.02 Å². The fourth-order valence-corrected chi connectivity index (χ4v) is 3.96. The number of fused-ring (bicyclic) bond motifs is 1. The van der Waals surface area contributed by atoms with E-state index in [1.807, 2.05) is 19.1 Å². The zero-order valence-corrected chi connectivity index (χ0v) is 18.3. The minimum atomic E-state index is -0.300. The van der Waals surface area contributed by atoms with Crippen LogP contribution in [0.15, 0.2) is 58.6 Å². The number of hydrogen-bond donors (Lipinski definition) is 2. The van der Waals surface area contributed by atoms with Crippen LogP contribution in [0.3, 0.4) is 0 Å². The molecule has 0 aliphatic heterocycles. The van der Waals surface area contributed by atoms with Crippen LogP contribution in [0.2, 0.25) is 5.02 Å². The van der Waals surface area contributed by atoms with Gasteiger partial charge in [-0.05, 0) is 36.8 Å². The van der Waals surface area contributed by atoms with Gasteiger partial charge in [0.1, 0.15) is 11.1 Å². The Hall–Kier alpha value is -3.30. The van der Waals surface area contributed by atoms with Crippen molar-refractivity contribution >= 4 is 46.0 Å². The molecule has 0 saturated heterocycles. The highest BCUT2D eigenvalue weighted by Crippen LogP contribution is 2.26. The Morgan fingerprint density at radius 3 is 2.87 bits per heavy atom. The number of aryl methyl sites for hydroxylation is 1. The molecule has 4 aromatic rings. The second-order valence-electron chi connectivity index (χ2n) is 6.64. The van der Waals surface area contributed by atoms with E-state index in [0.717, 1.165) is 17.3 Å². The number of ether oxygens (including phenoxy) is 1. The molecule has 2 heterocycles. The number of halogens is 1. The lowest BCUT2D eigenvalue weighted by Gasteiger charge is -2.13. The Labute approximate surface area is 186 Å². The number of nitrogens with one attached hydrogen (secondary N) is 2. The summed E-state index contributed by atoms with van der Waals surface area (Å²) in [6.45, 7) is 1.88. The van der Waals surface area contributed by atoms with Crippen molar-refractivity contribution in [3.63, 3.8) is 0 Å². The summed E-state index contributed by atoms with van der Waals surface area (Å²) in [5, 5.41) is 10.7. The summed E-state index contributed by atoms with van der Waals surface area (Å²) in [6, 6.07) is 12.4. The molecule has 0 saturated carbocycles. The van der Waals surface area contributed by atoms with Gasteiger partial charge in [-0.15, -0.1) is 0 Å². The van der Waals surface area contributed by atoms with Crippen molar-refractivity contribution in [2.75, 3.05) is 18.2 Å². The molecular formula is C21H18ClN5O3S. The molecule has 0 radical (unpaired) electrons. The molecule has 4 rings (SSSR count). The molecule has 0 aliphatic rings. The summed E-state index contributed by atoms with van der Waals surface area (Å²) < 4.78 is 6.69. The van der Waals surface area contributed by atoms with Gasteiger partial charge in [-0.2, -0.15) is 5.10 Å². The molecule has 2 N–H and O–H groups in total. The number of rotatable bonds is 6. The average Bonchev–Trinajstić information content (AvgIpc) is 3.24. The van der Waals surface area contributed by atoms with Crippen LogP contribution in [0.1, 0.15) is 5.56 Å². The topological polar surface area (TPSA) is 102 Å². The van der Waals surface area contributed by atoms with E-state index >= 15 is 0 Å². The maximum atomic E-state index is 13.1. The van der Waals surface area contributed by atoms with Gasteiger partial charge in [0.2, 0.25) is 5.91 Å². The van der Waals surface area contributed by atoms with Crippen molar-refractivity contribution in [1.29, 1.82) is 0 Å². The Morgan fingerprint density at radius 2 is 2.10 bits per heavy atom. The van der Waals surface area contributed by atoms with Crippen LogP contribution in [-0.4, -0.2) is 38.5 Å². The number of benzene rings is 2. The van der Waals surface area contributed by atoms with Crippen LogP contribution in [0.5, 0.6) is 5.75 Å². The van der Waals surface area contributed by atoms with E-state index < -0.39 is 0 Å². The number of para-hydroxylation sites is 2. The highest BCUT2D eigenvalue weighted by molar-refractivity contribution is 7.99. The van der Waals surface area contributed by atoms with E-state index in [1.54, 1.807) is 30.3 Å². The molecule has 31 heavy (non-hydrogen) atoms. The maximum Gasteiger partial charge on any atom is 0.269 e. The molecule has 0 bridgehead atoms. The number of thioether (sulfide) groups is 1. The Balaban J connectivity index is 1.66. The Kier molecular flexibility index (Phi) is 5.97. The summed E-state index contributed by atoms with van der Waals surface area (Å²) in [4.78, 5) is 30.2. The first-order valence-corrected chi connectivity index (χ1v) is 10.6. The van der Waals surface area contributed by atoms with Gasteiger partial charge in [-0.3, -0.25) is 19.3 Å². The van der Waals surface area contributed by atoms with Crippen molar-refractivity contribution in [3.8, 4) is 11.4 Å². The van der Waals surface area contributed by atoms with E-state index in [0.29, 0.717) is 38.3 Å². The van der Waals surface area contributed by atoms with Crippen LogP contribution >= 0.6 is 23.4 Å². The van der Waals surface area contributed by atoms with Gasteiger partial charge in [0.25, 0.3) is 5.56 Å². The van der Waals surface area contributed by atoms with E-state index in [2.05, 4.69) is 20.5 Å². The third-order valence-corrected chi connectivity index (χ3v) is 5.92. The molecule has 8 nitrogen and oxygen atoms in total. The Bertz CT molecular complexity index is 1330. The van der Waals surface area contributed by atoms with Gasteiger partial charge in [-0.25, -0.2) is 4.98 Å². The first-order valence-electron chi connectivity index (χ1n) is 9.26. The summed E-state index contributed by atoms with van der Waals surface area (Å²) in [7, 11) is 1.54. The van der Waals surface area contributed by atoms with Gasteiger partial charge in [0.05, 0.1) is 30.4 Å². The van der Waals surface area contributed by atoms with Gasteiger partial charge >= 0.3 is 0 Å². The Morgan fingerprint density at radius 1 is 1.29 bits per heavy atom. The lowest BCUT2D eigenvalue weighted by atomic mass is 10.2. The first kappa shape index (κ1) is 21.0. The smallest absolute Gasteiger partial charge is 0.269 e. The number of aromatic nitrogens is 4. The second kappa shape index (κ2) is 8.83. The van der Waals surface area contributed by atoms with Crippen molar-refractivity contribution in [2.24, 2.45) is 0 Å². The zero-order chi connectivity index (χ0) is 22.0. The minimum Gasteiger partial charge on any atom is -0.495 e. The third kappa shape index (κ3) is 4.28. The van der Waals surface area contributed by atoms with E-state index in [-0.39, 0.29) is 17.2 Å². The summed E-state index contributed by atoms with van der Waals surface area (Å²) >= 11 is 7.41. The SMILES string of the molecule is COc1ccccc1NC(=O)CSc1nc2[nH]ncc2c(=O)n1-c1ccc(C)c(Cl)c1. The number of aromatic amines is 1. The highest BCUT2D eigenvalue weighted by atomic mass is 35.5. The van der Waals surface area contributed by atoms with Gasteiger partial charge < -0.3 is 10.1 Å². The molecule has 0 unspecified atom stereocenters. The molecule has 2 aromatic heterocycles. The number of carbonyl (C=O) groups is 1. The fourth-order valence-electron chi connectivity index (χ4n) is 2.98. The molecule has 0 atom stereocenters. The highest BCUT2D eigenvalue weighted by Gasteiger charge is 2.17. The number of amides is 1. The second-order valence-corrected chi connectivity index (χ2v) is 7.99. The molecular weight excluding hydrogens is 438 g/mol. The van der Waals surface area contributed by atoms with Gasteiger partial charge in [-0.1, -0.05) is 41.6 Å². The summed E-state index contributed by atoms with van der Waals surface area (Å²) in [5.74, 6) is 0.329. The maximum absolute atomic E-state index is 13.1. The molecule has 1 amide bonds. The fraction of sp³-hybridized carbons (Fsp3) is 0.143. The van der Waals surface area contributed by atoms with Crippen molar-refractivity contribution in [3.05, 3.63) is 69.6 Å². The number of carbonyl (C=O) groups excluding carboxylic acids is 1. The van der Waals surface area contributed by atoms with Crippen LogP contribution in [0, 0.1) is 6.92 Å². The number of hydrogen-bond acceptors (Lipinski definition) is 6. The summed E-state index contributed by atoms with van der Waals surface area (Å²) in [5.41, 5.74) is 2.07. The van der Waals surface area contributed by atoms with Crippen molar-refractivity contribution < 1.29 is 9.53 Å². The quantitative estimate of drug-likeness (QED) is 0.338. The van der Waals surface area contributed by atoms with Crippen LogP contribution in [-0.2, 0) is 4.79 Å². The van der Waals surface area contributed by atoms with Gasteiger partial charge in [0.15, 0.2) is 10.8 Å². The first-order chi connectivity index (χ1) is 15.0. The largest absolute Gasteiger partial charge is 0.495 e. The van der Waals surface area contributed by atoms with Crippen LogP contribution < -0.4 is 15.6 Å². The molecule has 10 heteroatoms. The van der Waals surface area contributed by atoms with Crippen molar-refractivity contribution in [1.82, 2.24) is 19.7 Å². The van der Waals surface area contributed by atoms with Crippen molar-refractivity contribution in [2.45, 2.75) is 12.1 Å². The molecule has 0 spiro atoms. The normalized spacial score (nSPS) is 10.9. The molecule has 2 aromatic carbocycles. The monoisotopic (exact) mass is 455 g/mol. The molecule has 0 fully saturated rings. The number of H-pyrrole nitrogens is 1. The molecule has 0 aliphatic carbocycles. The lowest BCUT2D eigenvalue weighted by Crippen LogP contribution is -2.22. The summed E-state index contributed by atoms with van der Waals surface area (Å²) in [6.07, 6.45) is 1.43. The van der Waals surface area contributed by atoms with E-state index in [9.17, 15) is 9.59 Å². The number of anilines is 1. The lowest BCUT2D eigenvalue weighted by molar-refractivity contribution is -0.113. The third-order valence-electron chi connectivity index (χ3n) is 4.58. The minimum absolute atomic E-state index is 0.0315. The molecule has 158 valence electrons. The van der Waals surface area contributed by atoms with Crippen LogP contribution in [0.25, 0.3) is 16.7 Å². The average molecular weight is 456 g/mol. The number of methoxy groups -OCH3 is 1. The van der Waals surface area contributed by atoms with E-state index in [4.69, 9.17) is 16.3 Å². The zero-order valence-electron chi connectivity index (χ0n) is 16.7. The number of nitrogens with zero attached hydrogens (tertiary/aromatic N) is 3. The predicted molar refractivity (Wildman–Crippen MR) is 122 cm³/mol. The predicted octanol–water partition coefficient (Wildman–Crippen LogP) is 3.81. The van der Waals surface area contributed by atoms with E-state index in [1.165, 1.54) is 17.9 Å².